The summed E-state index contributed by atoms with van der Waals surface area (Å²) in [5, 5.41) is 0.267. The molecule has 2 nitrogen and oxygen atoms in total. The molecule has 4 heteroatoms. The van der Waals surface area contributed by atoms with E-state index in [0.29, 0.717) is 17.1 Å². The third kappa shape index (κ3) is 2.56. The lowest BCUT2D eigenvalue weighted by atomic mass is 9.99. The van der Waals surface area contributed by atoms with Gasteiger partial charge >= 0.3 is 0 Å². The van der Waals surface area contributed by atoms with Gasteiger partial charge in [-0.25, -0.2) is 4.39 Å². The van der Waals surface area contributed by atoms with E-state index in [4.69, 9.17) is 16.0 Å². The second kappa shape index (κ2) is 5.17. The molecule has 1 heterocycles. The molecule has 0 bridgehead atoms. The van der Waals surface area contributed by atoms with Crippen molar-refractivity contribution in [2.45, 2.75) is 27.2 Å². The number of halogens is 2. The van der Waals surface area contributed by atoms with E-state index in [-0.39, 0.29) is 22.8 Å². The fourth-order valence-electron chi connectivity index (χ4n) is 2.15. The first kappa shape index (κ1) is 13.8. The Morgan fingerprint density at radius 3 is 2.47 bits per heavy atom. The van der Waals surface area contributed by atoms with Crippen molar-refractivity contribution in [1.82, 2.24) is 0 Å². The van der Waals surface area contributed by atoms with Gasteiger partial charge in [-0.2, -0.15) is 0 Å². The Morgan fingerprint density at radius 1 is 1.26 bits per heavy atom. The largest absolute Gasteiger partial charge is 0.466 e. The molecule has 19 heavy (non-hydrogen) atoms. The van der Waals surface area contributed by atoms with Crippen LogP contribution in [0.2, 0.25) is 5.02 Å². The number of ketones is 1. The Kier molecular flexibility index (Phi) is 3.76. The lowest BCUT2D eigenvalue weighted by Gasteiger charge is -2.05. The summed E-state index contributed by atoms with van der Waals surface area (Å²) in [6, 6.07) is 4.40. The van der Waals surface area contributed by atoms with Gasteiger partial charge in [-0.1, -0.05) is 17.7 Å². The van der Waals surface area contributed by atoms with E-state index in [1.807, 2.05) is 6.92 Å². The van der Waals surface area contributed by atoms with Gasteiger partial charge in [0.05, 0.1) is 5.56 Å². The maximum atomic E-state index is 13.7. The second-order valence-corrected chi connectivity index (χ2v) is 4.92. The predicted octanol–water partition coefficient (Wildman–Crippen LogP) is 4.42. The summed E-state index contributed by atoms with van der Waals surface area (Å²) >= 11 is 5.93. The monoisotopic (exact) mass is 280 g/mol. The molecule has 0 spiro atoms. The molecule has 100 valence electrons. The zero-order valence-corrected chi connectivity index (χ0v) is 11.8. The first-order valence-corrected chi connectivity index (χ1v) is 6.32. The molecular formula is C15H14ClFO2. The molecule has 0 saturated carbocycles. The average molecular weight is 281 g/mol. The van der Waals surface area contributed by atoms with Crippen molar-refractivity contribution in [2.24, 2.45) is 0 Å². The van der Waals surface area contributed by atoms with E-state index >= 15 is 0 Å². The van der Waals surface area contributed by atoms with Crippen LogP contribution in [0.3, 0.4) is 0 Å². The van der Waals surface area contributed by atoms with Gasteiger partial charge in [0.15, 0.2) is 5.78 Å². The molecule has 1 aromatic carbocycles. The van der Waals surface area contributed by atoms with Crippen molar-refractivity contribution < 1.29 is 13.6 Å². The summed E-state index contributed by atoms with van der Waals surface area (Å²) in [5.41, 5.74) is 1.55. The van der Waals surface area contributed by atoms with Crippen LogP contribution in [0.5, 0.6) is 0 Å². The third-order valence-corrected chi connectivity index (χ3v) is 3.59. The van der Waals surface area contributed by atoms with E-state index in [9.17, 15) is 9.18 Å². The number of Topliss-reactive ketones (excluding diaryl/α,β-unsaturated/α-hetero) is 1. The number of rotatable bonds is 3. The van der Waals surface area contributed by atoms with E-state index in [0.717, 1.165) is 5.56 Å². The van der Waals surface area contributed by atoms with Crippen molar-refractivity contribution in [3.05, 3.63) is 57.2 Å². The van der Waals surface area contributed by atoms with Gasteiger partial charge in [-0.3, -0.25) is 4.79 Å². The molecule has 2 aromatic rings. The zero-order chi connectivity index (χ0) is 14.2. The van der Waals surface area contributed by atoms with Crippen molar-refractivity contribution in [2.75, 3.05) is 0 Å². The zero-order valence-electron chi connectivity index (χ0n) is 11.0. The van der Waals surface area contributed by atoms with Gasteiger partial charge in [-0.05, 0) is 32.9 Å². The maximum Gasteiger partial charge on any atom is 0.171 e. The Bertz CT molecular complexity index is 624. The van der Waals surface area contributed by atoms with Gasteiger partial charge < -0.3 is 4.42 Å². The van der Waals surface area contributed by atoms with E-state index in [1.54, 1.807) is 19.9 Å². The molecule has 0 aliphatic heterocycles. The minimum Gasteiger partial charge on any atom is -0.466 e. The van der Waals surface area contributed by atoms with Gasteiger partial charge in [0, 0.05) is 22.6 Å². The van der Waals surface area contributed by atoms with Crippen LogP contribution >= 0.6 is 11.6 Å². The molecule has 1 aromatic heterocycles. The molecule has 0 atom stereocenters. The van der Waals surface area contributed by atoms with Gasteiger partial charge in [0.2, 0.25) is 0 Å². The van der Waals surface area contributed by atoms with E-state index in [1.165, 1.54) is 12.1 Å². The molecule has 2 rings (SSSR count). The topological polar surface area (TPSA) is 30.2 Å². The highest BCUT2D eigenvalue weighted by Crippen LogP contribution is 2.25. The average Bonchev–Trinajstić information content (AvgIpc) is 2.58. The van der Waals surface area contributed by atoms with Gasteiger partial charge in [-0.15, -0.1) is 0 Å². The van der Waals surface area contributed by atoms with Gasteiger partial charge in [0.1, 0.15) is 17.3 Å². The maximum absolute atomic E-state index is 13.7. The number of hydrogen-bond donors (Lipinski definition) is 0. The van der Waals surface area contributed by atoms with Crippen LogP contribution in [-0.4, -0.2) is 5.78 Å². The number of aryl methyl sites for hydroxylation is 2. The van der Waals surface area contributed by atoms with Crippen molar-refractivity contribution in [3.8, 4) is 0 Å². The minimum absolute atomic E-state index is 0.0633. The third-order valence-electron chi connectivity index (χ3n) is 3.24. The Balaban J connectivity index is 2.36. The number of carbonyl (C=O) groups is 1. The molecule has 0 unspecified atom stereocenters. The molecule has 0 radical (unpaired) electrons. The van der Waals surface area contributed by atoms with Crippen LogP contribution in [0.15, 0.2) is 22.6 Å². The molecule has 0 N–H and O–H groups in total. The SMILES string of the molecule is Cc1oc(C)c(C(=O)Cc2c(F)cccc2Cl)c1C. The molecular weight excluding hydrogens is 267 g/mol. The number of hydrogen-bond acceptors (Lipinski definition) is 2. The normalized spacial score (nSPS) is 10.8. The van der Waals surface area contributed by atoms with Crippen molar-refractivity contribution in [1.29, 1.82) is 0 Å². The second-order valence-electron chi connectivity index (χ2n) is 4.51. The van der Waals surface area contributed by atoms with Crippen LogP contribution < -0.4 is 0 Å². The quantitative estimate of drug-likeness (QED) is 0.779. The van der Waals surface area contributed by atoms with E-state index in [2.05, 4.69) is 0 Å². The summed E-state index contributed by atoms with van der Waals surface area (Å²) in [7, 11) is 0. The minimum atomic E-state index is -0.462. The number of carbonyl (C=O) groups excluding carboxylic acids is 1. The molecule has 0 amide bonds. The molecule has 0 saturated heterocycles. The Labute approximate surface area is 116 Å². The smallest absolute Gasteiger partial charge is 0.171 e. The van der Waals surface area contributed by atoms with E-state index < -0.39 is 5.82 Å². The highest BCUT2D eigenvalue weighted by Gasteiger charge is 2.20. The highest BCUT2D eigenvalue weighted by molar-refractivity contribution is 6.31. The van der Waals surface area contributed by atoms with Gasteiger partial charge in [0.25, 0.3) is 0 Å². The van der Waals surface area contributed by atoms with Crippen LogP contribution in [0.25, 0.3) is 0 Å². The first-order chi connectivity index (χ1) is 8.91. The standard InChI is InChI=1S/C15H14ClFO2/c1-8-9(2)19-10(3)15(8)14(18)7-11-12(16)5-4-6-13(11)17/h4-6H,7H2,1-3H3. The highest BCUT2D eigenvalue weighted by atomic mass is 35.5. The fourth-order valence-corrected chi connectivity index (χ4v) is 2.38. The Hall–Kier alpha value is -1.61. The molecule has 0 aliphatic rings. The Morgan fingerprint density at radius 2 is 1.95 bits per heavy atom. The van der Waals surface area contributed by atoms with Crippen LogP contribution in [0.1, 0.15) is 33.0 Å². The van der Waals surface area contributed by atoms with Crippen LogP contribution in [0, 0.1) is 26.6 Å². The fraction of sp³-hybridized carbons (Fsp3) is 0.267. The van der Waals surface area contributed by atoms with Crippen LogP contribution in [0.4, 0.5) is 4.39 Å². The summed E-state index contributed by atoms with van der Waals surface area (Å²) in [6.45, 7) is 5.35. The molecule has 0 fully saturated rings. The summed E-state index contributed by atoms with van der Waals surface area (Å²) < 4.78 is 19.1. The lowest BCUT2D eigenvalue weighted by Crippen LogP contribution is -2.07. The first-order valence-electron chi connectivity index (χ1n) is 5.94. The van der Waals surface area contributed by atoms with Crippen molar-refractivity contribution >= 4 is 17.4 Å². The van der Waals surface area contributed by atoms with Crippen molar-refractivity contribution in [3.63, 3.8) is 0 Å². The molecule has 0 aliphatic carbocycles. The summed E-state index contributed by atoms with van der Waals surface area (Å²) in [6.07, 6.45) is -0.0633. The predicted molar refractivity (Wildman–Crippen MR) is 72.4 cm³/mol. The summed E-state index contributed by atoms with van der Waals surface area (Å²) in [5.74, 6) is 0.628. The number of benzene rings is 1. The van der Waals surface area contributed by atoms with Crippen LogP contribution in [-0.2, 0) is 6.42 Å². The lowest BCUT2D eigenvalue weighted by molar-refractivity contribution is 0.0990. The number of furan rings is 1. The summed E-state index contributed by atoms with van der Waals surface area (Å²) in [4.78, 5) is 12.3.